The van der Waals surface area contributed by atoms with E-state index < -0.39 is 0 Å². The number of nitrogens with two attached hydrogens (primary N) is 1. The molecule has 1 aromatic carbocycles. The van der Waals surface area contributed by atoms with Crippen molar-refractivity contribution in [2.75, 3.05) is 12.3 Å². The summed E-state index contributed by atoms with van der Waals surface area (Å²) < 4.78 is 4.16. The molecule has 3 N–H and O–H groups in total. The maximum Gasteiger partial charge on any atom is 0.227 e. The van der Waals surface area contributed by atoms with Crippen molar-refractivity contribution in [1.82, 2.24) is 9.88 Å². The summed E-state index contributed by atoms with van der Waals surface area (Å²) in [5.41, 5.74) is 10.2. The van der Waals surface area contributed by atoms with Crippen LogP contribution in [0.25, 0.3) is 17.0 Å². The summed E-state index contributed by atoms with van der Waals surface area (Å²) in [7, 11) is 1.93. The van der Waals surface area contributed by atoms with Crippen LogP contribution in [0.5, 0.6) is 0 Å². The van der Waals surface area contributed by atoms with E-state index >= 15 is 0 Å². The number of hydrogen-bond donors (Lipinski definition) is 2. The van der Waals surface area contributed by atoms with Crippen LogP contribution in [-0.4, -0.2) is 22.8 Å². The van der Waals surface area contributed by atoms with Gasteiger partial charge in [0.2, 0.25) is 5.91 Å². The number of allylic oxidation sites excluding steroid dienone is 1. The van der Waals surface area contributed by atoms with Gasteiger partial charge >= 0.3 is 0 Å². The number of aromatic nitrogens is 2. The number of ketones is 1. The van der Waals surface area contributed by atoms with Crippen molar-refractivity contribution in [3.05, 3.63) is 66.1 Å². The second kappa shape index (κ2) is 10.6. The lowest BCUT2D eigenvalue weighted by atomic mass is 10.1. The molecule has 162 valence electrons. The Morgan fingerprint density at radius 2 is 1.94 bits per heavy atom. The van der Waals surface area contributed by atoms with Crippen LogP contribution < -0.4 is 15.6 Å². The van der Waals surface area contributed by atoms with Crippen LogP contribution in [0.3, 0.4) is 0 Å². The van der Waals surface area contributed by atoms with Crippen molar-refractivity contribution < 1.29 is 14.2 Å². The number of nitrogens with zero attached hydrogens (tertiary/aromatic N) is 2. The summed E-state index contributed by atoms with van der Waals surface area (Å²) in [4.78, 5) is 24.0. The van der Waals surface area contributed by atoms with E-state index in [0.29, 0.717) is 6.54 Å². The lowest BCUT2D eigenvalue weighted by molar-refractivity contribution is -0.671. The third kappa shape index (κ3) is 6.28. The van der Waals surface area contributed by atoms with Crippen molar-refractivity contribution in [3.8, 4) is 0 Å². The fraction of sp³-hybridized carbons (Fsp3) is 0.320. The van der Waals surface area contributed by atoms with Crippen LogP contribution in [0.4, 0.5) is 5.69 Å². The van der Waals surface area contributed by atoms with Crippen molar-refractivity contribution in [3.63, 3.8) is 0 Å². The molecule has 0 aliphatic rings. The number of unbranched alkanes of at least 4 members (excludes halogenated alkanes) is 1. The molecule has 0 bridgehead atoms. The number of carbonyl (C=O) groups excluding carboxylic acids is 2. The summed E-state index contributed by atoms with van der Waals surface area (Å²) in [5, 5.41) is 4.05. The van der Waals surface area contributed by atoms with Crippen molar-refractivity contribution in [1.29, 1.82) is 0 Å². The van der Waals surface area contributed by atoms with Crippen molar-refractivity contribution >= 4 is 34.4 Å². The zero-order valence-corrected chi connectivity index (χ0v) is 18.3. The van der Waals surface area contributed by atoms with E-state index in [0.717, 1.165) is 37.1 Å². The van der Waals surface area contributed by atoms with Gasteiger partial charge < -0.3 is 15.6 Å². The number of fused-ring (bicyclic) bond motifs is 1. The highest BCUT2D eigenvalue weighted by Crippen LogP contribution is 2.25. The van der Waals surface area contributed by atoms with Gasteiger partial charge in [0, 0.05) is 48.0 Å². The molecule has 0 fully saturated rings. The Labute approximate surface area is 183 Å². The molecule has 0 spiro atoms. The van der Waals surface area contributed by atoms with Gasteiger partial charge in [-0.25, -0.2) is 4.57 Å². The molecule has 0 aliphatic carbocycles. The van der Waals surface area contributed by atoms with Crippen LogP contribution in [0, 0.1) is 0 Å². The molecule has 31 heavy (non-hydrogen) atoms. The number of aryl methyl sites for hydroxylation is 3. The Morgan fingerprint density at radius 3 is 2.68 bits per heavy atom. The third-order valence-electron chi connectivity index (χ3n) is 5.32. The topological polar surface area (TPSA) is 81.0 Å². The summed E-state index contributed by atoms with van der Waals surface area (Å²) in [5.74, 6) is -0.430. The number of hydrogen-bond acceptors (Lipinski definition) is 3. The highest BCUT2D eigenvalue weighted by Gasteiger charge is 2.09. The van der Waals surface area contributed by atoms with Gasteiger partial charge in [-0.1, -0.05) is 6.08 Å². The minimum atomic E-state index is -0.232. The SMILES string of the molecule is CCn1cc(CCCCNC(=O)CC(=O)/C=C/c2cc[n+](C)cc2)c2cc(N)ccc21. The monoisotopic (exact) mass is 419 g/mol. The largest absolute Gasteiger partial charge is 0.399 e. The number of benzene rings is 1. The van der Waals surface area contributed by atoms with E-state index in [1.54, 1.807) is 6.08 Å². The molecule has 2 heterocycles. The molecule has 0 radical (unpaired) electrons. The number of nitrogen functional groups attached to an aromatic ring is 1. The molecule has 0 saturated carbocycles. The lowest BCUT2D eigenvalue weighted by Crippen LogP contribution is -2.26. The average molecular weight is 420 g/mol. The number of pyridine rings is 1. The first kappa shape index (κ1) is 22.3. The number of rotatable bonds is 10. The third-order valence-corrected chi connectivity index (χ3v) is 5.32. The Hall–Kier alpha value is -3.41. The fourth-order valence-corrected chi connectivity index (χ4v) is 3.61. The number of carbonyl (C=O) groups is 2. The van der Waals surface area contributed by atoms with Gasteiger partial charge in [-0.3, -0.25) is 9.59 Å². The molecular formula is C25H31N4O2+. The first-order valence-corrected chi connectivity index (χ1v) is 10.8. The van der Waals surface area contributed by atoms with Gasteiger partial charge in [-0.05, 0) is 61.6 Å². The Kier molecular flexibility index (Phi) is 7.60. The van der Waals surface area contributed by atoms with Gasteiger partial charge in [0.1, 0.15) is 7.05 Å². The zero-order chi connectivity index (χ0) is 22.2. The number of nitrogens with one attached hydrogen (secondary N) is 1. The summed E-state index contributed by atoms with van der Waals surface area (Å²) in [6.07, 6.45) is 11.8. The summed E-state index contributed by atoms with van der Waals surface area (Å²) in [6, 6.07) is 9.87. The molecule has 0 unspecified atom stereocenters. The maximum atomic E-state index is 12.0. The predicted octanol–water partition coefficient (Wildman–Crippen LogP) is 3.18. The van der Waals surface area contributed by atoms with Gasteiger partial charge in [0.05, 0.1) is 6.42 Å². The quantitative estimate of drug-likeness (QED) is 0.174. The number of amides is 1. The fourth-order valence-electron chi connectivity index (χ4n) is 3.61. The maximum absolute atomic E-state index is 12.0. The van der Waals surface area contributed by atoms with Gasteiger partial charge in [-0.15, -0.1) is 0 Å². The molecule has 1 amide bonds. The molecule has 6 heteroatoms. The minimum Gasteiger partial charge on any atom is -0.399 e. The van der Waals surface area contributed by atoms with Crippen molar-refractivity contribution in [2.24, 2.45) is 7.05 Å². The molecule has 6 nitrogen and oxygen atoms in total. The first-order chi connectivity index (χ1) is 15.0. The molecule has 0 saturated heterocycles. The summed E-state index contributed by atoms with van der Waals surface area (Å²) in [6.45, 7) is 3.62. The van der Waals surface area contributed by atoms with Crippen molar-refractivity contribution in [2.45, 2.75) is 39.2 Å². The Bertz CT molecular complexity index is 1080. The molecule has 2 aromatic heterocycles. The van der Waals surface area contributed by atoms with Crippen LogP contribution >= 0.6 is 0 Å². The van der Waals surface area contributed by atoms with E-state index in [-0.39, 0.29) is 18.1 Å². The second-order valence-electron chi connectivity index (χ2n) is 7.80. The normalized spacial score (nSPS) is 11.3. The first-order valence-electron chi connectivity index (χ1n) is 10.8. The highest BCUT2D eigenvalue weighted by atomic mass is 16.2. The highest BCUT2D eigenvalue weighted by molar-refractivity contribution is 6.05. The zero-order valence-electron chi connectivity index (χ0n) is 18.3. The smallest absolute Gasteiger partial charge is 0.227 e. The molecule has 0 aliphatic heterocycles. The van der Waals surface area contributed by atoms with E-state index in [4.69, 9.17) is 5.73 Å². The van der Waals surface area contributed by atoms with E-state index in [9.17, 15) is 9.59 Å². The molecule has 0 atom stereocenters. The van der Waals surface area contributed by atoms with Crippen LogP contribution in [0.1, 0.15) is 37.3 Å². The average Bonchev–Trinajstić information content (AvgIpc) is 3.10. The molecule has 3 aromatic rings. The number of anilines is 1. The van der Waals surface area contributed by atoms with E-state index in [1.165, 1.54) is 22.5 Å². The summed E-state index contributed by atoms with van der Waals surface area (Å²) >= 11 is 0. The van der Waals surface area contributed by atoms with E-state index in [1.807, 2.05) is 48.3 Å². The Balaban J connectivity index is 1.40. The predicted molar refractivity (Wildman–Crippen MR) is 124 cm³/mol. The van der Waals surface area contributed by atoms with Crippen LogP contribution in [0.15, 0.2) is 55.0 Å². The Morgan fingerprint density at radius 1 is 1.16 bits per heavy atom. The van der Waals surface area contributed by atoms with Crippen LogP contribution in [0.2, 0.25) is 0 Å². The van der Waals surface area contributed by atoms with E-state index in [2.05, 4.69) is 29.1 Å². The standard InChI is InChI=1S/C25H30N4O2/c1-3-29-18-20(23-16-21(26)8-10-24(23)29)6-4-5-13-27-25(31)17-22(30)9-7-19-11-14-28(2)15-12-19/h7-12,14-16,18H,3-6,13,17,26H2,1-2H3/p+1/b9-7+. The van der Waals surface area contributed by atoms with Gasteiger partial charge in [-0.2, -0.15) is 0 Å². The molecule has 3 rings (SSSR count). The second-order valence-corrected chi connectivity index (χ2v) is 7.80. The van der Waals surface area contributed by atoms with Crippen LogP contribution in [-0.2, 0) is 29.6 Å². The molecular weight excluding hydrogens is 388 g/mol. The van der Waals surface area contributed by atoms with Gasteiger partial charge in [0.25, 0.3) is 0 Å². The lowest BCUT2D eigenvalue weighted by Gasteiger charge is -2.04. The van der Waals surface area contributed by atoms with Gasteiger partial charge in [0.15, 0.2) is 18.2 Å². The minimum absolute atomic E-state index is 0.125.